The Bertz CT molecular complexity index is 555. The van der Waals surface area contributed by atoms with Crippen LogP contribution in [0.15, 0.2) is 24.4 Å². The van der Waals surface area contributed by atoms with E-state index in [0.29, 0.717) is 0 Å². The Balaban J connectivity index is 1.70. The molecule has 0 aliphatic heterocycles. The normalized spacial score (nSPS) is 15.4. The van der Waals surface area contributed by atoms with Gasteiger partial charge in [0.05, 0.1) is 5.52 Å². The van der Waals surface area contributed by atoms with E-state index in [9.17, 15) is 4.39 Å². The van der Waals surface area contributed by atoms with Crippen LogP contribution in [0, 0.1) is 5.82 Å². The van der Waals surface area contributed by atoms with Crippen LogP contribution in [-0.2, 0) is 13.5 Å². The van der Waals surface area contributed by atoms with Gasteiger partial charge in [-0.2, -0.15) is 0 Å². The molecule has 0 radical (unpaired) electrons. The average molecular weight is 246 g/mol. The van der Waals surface area contributed by atoms with Gasteiger partial charge >= 0.3 is 0 Å². The maximum Gasteiger partial charge on any atom is 0.125 e. The van der Waals surface area contributed by atoms with Gasteiger partial charge in [-0.15, -0.1) is 0 Å². The van der Waals surface area contributed by atoms with Crippen molar-refractivity contribution < 1.29 is 4.39 Å². The van der Waals surface area contributed by atoms with Gasteiger partial charge in [-0.1, -0.05) is 0 Å². The number of fused-ring (bicyclic) bond motifs is 1. The Morgan fingerprint density at radius 3 is 3.00 bits per heavy atom. The van der Waals surface area contributed by atoms with E-state index in [1.165, 1.54) is 23.8 Å². The molecule has 3 heteroatoms. The summed E-state index contributed by atoms with van der Waals surface area (Å²) in [5, 5.41) is 4.71. The molecule has 1 fully saturated rings. The zero-order chi connectivity index (χ0) is 12.5. The molecule has 3 rings (SSSR count). The number of rotatable bonds is 5. The lowest BCUT2D eigenvalue weighted by Crippen LogP contribution is -2.17. The van der Waals surface area contributed by atoms with Gasteiger partial charge in [0, 0.05) is 24.7 Å². The third kappa shape index (κ3) is 2.41. The van der Waals surface area contributed by atoms with E-state index in [0.717, 1.165) is 30.9 Å². The van der Waals surface area contributed by atoms with Gasteiger partial charge in [0.15, 0.2) is 0 Å². The van der Waals surface area contributed by atoms with Crippen LogP contribution < -0.4 is 5.32 Å². The maximum absolute atomic E-state index is 13.2. The standard InChI is InChI=1S/C15H19FN2/c1-18-10-11(3-2-8-17-13-5-6-13)14-7-4-12(16)9-15(14)18/h4,7,9-10,13,17H,2-3,5-6,8H2,1H3. The van der Waals surface area contributed by atoms with Crippen molar-refractivity contribution in [2.75, 3.05) is 6.54 Å². The number of halogens is 1. The second-order valence-electron chi connectivity index (χ2n) is 5.26. The quantitative estimate of drug-likeness (QED) is 0.802. The number of aromatic nitrogens is 1. The van der Waals surface area contributed by atoms with Gasteiger partial charge < -0.3 is 9.88 Å². The van der Waals surface area contributed by atoms with Crippen molar-refractivity contribution in [1.29, 1.82) is 0 Å². The Labute approximate surface area is 107 Å². The lowest BCUT2D eigenvalue weighted by atomic mass is 10.1. The zero-order valence-corrected chi connectivity index (χ0v) is 10.7. The van der Waals surface area contributed by atoms with Gasteiger partial charge in [0.1, 0.15) is 5.82 Å². The second-order valence-corrected chi connectivity index (χ2v) is 5.26. The molecule has 1 saturated carbocycles. The van der Waals surface area contributed by atoms with Crippen LogP contribution >= 0.6 is 0 Å². The third-order valence-electron chi connectivity index (χ3n) is 3.67. The highest BCUT2D eigenvalue weighted by Gasteiger charge is 2.19. The molecule has 1 aromatic carbocycles. The Kier molecular flexibility index (Phi) is 3.08. The van der Waals surface area contributed by atoms with E-state index in [4.69, 9.17) is 0 Å². The summed E-state index contributed by atoms with van der Waals surface area (Å²) < 4.78 is 15.2. The summed E-state index contributed by atoms with van der Waals surface area (Å²) in [5.41, 5.74) is 2.31. The van der Waals surface area contributed by atoms with E-state index < -0.39 is 0 Å². The predicted molar refractivity (Wildman–Crippen MR) is 72.2 cm³/mol. The van der Waals surface area contributed by atoms with Crippen LogP contribution in [0.1, 0.15) is 24.8 Å². The summed E-state index contributed by atoms with van der Waals surface area (Å²) in [7, 11) is 1.98. The molecule has 0 unspecified atom stereocenters. The fraction of sp³-hybridized carbons (Fsp3) is 0.467. The van der Waals surface area contributed by atoms with Crippen LogP contribution in [-0.4, -0.2) is 17.2 Å². The number of aryl methyl sites for hydroxylation is 2. The minimum atomic E-state index is -0.161. The Morgan fingerprint density at radius 1 is 1.39 bits per heavy atom. The van der Waals surface area contributed by atoms with Gasteiger partial charge in [-0.25, -0.2) is 4.39 Å². The summed E-state index contributed by atoms with van der Waals surface area (Å²) in [6, 6.07) is 5.84. The van der Waals surface area contributed by atoms with Gasteiger partial charge in [0.25, 0.3) is 0 Å². The largest absolute Gasteiger partial charge is 0.350 e. The van der Waals surface area contributed by atoms with Crippen LogP contribution in [0.3, 0.4) is 0 Å². The second kappa shape index (κ2) is 4.73. The van der Waals surface area contributed by atoms with Crippen LogP contribution in [0.5, 0.6) is 0 Å². The SMILES string of the molecule is Cn1cc(CCCNC2CC2)c2ccc(F)cc21. The number of nitrogens with one attached hydrogen (secondary N) is 1. The molecule has 1 aromatic heterocycles. The van der Waals surface area contributed by atoms with Crippen molar-refractivity contribution in [1.82, 2.24) is 9.88 Å². The number of hydrogen-bond donors (Lipinski definition) is 1. The summed E-state index contributed by atoms with van der Waals surface area (Å²) in [5.74, 6) is -0.161. The van der Waals surface area contributed by atoms with Gasteiger partial charge in [-0.05, 0) is 56.0 Å². The highest BCUT2D eigenvalue weighted by atomic mass is 19.1. The summed E-state index contributed by atoms with van der Waals surface area (Å²) in [6.45, 7) is 1.09. The molecular weight excluding hydrogens is 227 g/mol. The predicted octanol–water partition coefficient (Wildman–Crippen LogP) is 3.00. The molecule has 0 amide bonds. The lowest BCUT2D eigenvalue weighted by molar-refractivity contribution is 0.629. The van der Waals surface area contributed by atoms with E-state index >= 15 is 0 Å². The monoisotopic (exact) mass is 246 g/mol. The molecule has 18 heavy (non-hydrogen) atoms. The molecule has 2 nitrogen and oxygen atoms in total. The van der Waals surface area contributed by atoms with Crippen LogP contribution in [0.25, 0.3) is 10.9 Å². The van der Waals surface area contributed by atoms with Crippen molar-refractivity contribution in [2.24, 2.45) is 7.05 Å². The number of hydrogen-bond acceptors (Lipinski definition) is 1. The molecule has 0 saturated heterocycles. The van der Waals surface area contributed by atoms with Crippen molar-refractivity contribution in [3.63, 3.8) is 0 Å². The molecule has 1 heterocycles. The minimum absolute atomic E-state index is 0.161. The maximum atomic E-state index is 13.2. The van der Waals surface area contributed by atoms with E-state index in [-0.39, 0.29) is 5.82 Å². The minimum Gasteiger partial charge on any atom is -0.350 e. The first kappa shape index (κ1) is 11.7. The van der Waals surface area contributed by atoms with Crippen molar-refractivity contribution >= 4 is 10.9 Å². The number of benzene rings is 1. The first-order valence-corrected chi connectivity index (χ1v) is 6.71. The topological polar surface area (TPSA) is 17.0 Å². The smallest absolute Gasteiger partial charge is 0.125 e. The van der Waals surface area contributed by atoms with E-state index in [1.54, 1.807) is 12.1 Å². The Hall–Kier alpha value is -1.35. The highest BCUT2D eigenvalue weighted by molar-refractivity contribution is 5.84. The fourth-order valence-corrected chi connectivity index (χ4v) is 2.51. The first-order valence-electron chi connectivity index (χ1n) is 6.71. The lowest BCUT2D eigenvalue weighted by Gasteiger charge is -2.02. The molecule has 1 aliphatic carbocycles. The fourth-order valence-electron chi connectivity index (χ4n) is 2.51. The molecule has 0 atom stereocenters. The molecule has 1 aliphatic rings. The van der Waals surface area contributed by atoms with Crippen LogP contribution in [0.4, 0.5) is 4.39 Å². The van der Waals surface area contributed by atoms with Gasteiger partial charge in [0.2, 0.25) is 0 Å². The molecule has 2 aromatic rings. The average Bonchev–Trinajstić information content (AvgIpc) is 3.12. The van der Waals surface area contributed by atoms with Crippen molar-refractivity contribution in [3.05, 3.63) is 35.8 Å². The molecular formula is C15H19FN2. The van der Waals surface area contributed by atoms with Gasteiger partial charge in [-0.3, -0.25) is 0 Å². The highest BCUT2D eigenvalue weighted by Crippen LogP contribution is 2.23. The van der Waals surface area contributed by atoms with Crippen molar-refractivity contribution in [2.45, 2.75) is 31.7 Å². The first-order chi connectivity index (χ1) is 8.74. The van der Waals surface area contributed by atoms with E-state index in [2.05, 4.69) is 11.5 Å². The summed E-state index contributed by atoms with van der Waals surface area (Å²) in [6.07, 6.45) is 7.01. The molecule has 96 valence electrons. The molecule has 1 N–H and O–H groups in total. The third-order valence-corrected chi connectivity index (χ3v) is 3.67. The van der Waals surface area contributed by atoms with Crippen molar-refractivity contribution in [3.8, 4) is 0 Å². The Morgan fingerprint density at radius 2 is 2.22 bits per heavy atom. The summed E-state index contributed by atoms with van der Waals surface area (Å²) in [4.78, 5) is 0. The molecule has 0 bridgehead atoms. The number of nitrogens with zero attached hydrogens (tertiary/aromatic N) is 1. The molecule has 0 spiro atoms. The van der Waals surface area contributed by atoms with Crippen LogP contribution in [0.2, 0.25) is 0 Å². The summed E-state index contributed by atoms with van der Waals surface area (Å²) >= 11 is 0. The van der Waals surface area contributed by atoms with E-state index in [1.807, 2.05) is 17.7 Å². The zero-order valence-electron chi connectivity index (χ0n) is 10.7.